The van der Waals surface area contributed by atoms with E-state index in [2.05, 4.69) is 24.6 Å². The monoisotopic (exact) mass is 388 g/mol. The first-order valence-corrected chi connectivity index (χ1v) is 7.71. The molecule has 0 bridgehead atoms. The maximum Gasteiger partial charge on any atom is 0.446 e. The number of aryl methyl sites for hydroxylation is 1. The number of aromatic nitrogens is 4. The van der Waals surface area contributed by atoms with E-state index in [0.29, 0.717) is 36.0 Å². The van der Waals surface area contributed by atoms with E-state index >= 15 is 0 Å². The van der Waals surface area contributed by atoms with Crippen LogP contribution >= 0.6 is 0 Å². The molecule has 0 radical (unpaired) electrons. The minimum Gasteiger partial charge on any atom is -0.396 e. The zero-order chi connectivity index (χ0) is 19.6. The number of hydrogen-bond donors (Lipinski definition) is 1. The molecule has 3 aromatic rings. The molecule has 1 aromatic carbocycles. The van der Waals surface area contributed by atoms with Gasteiger partial charge < -0.3 is 5.11 Å². The largest absolute Gasteiger partial charge is 0.446 e. The summed E-state index contributed by atoms with van der Waals surface area (Å²) in [5.74, 6) is -2.81. The van der Waals surface area contributed by atoms with E-state index < -0.39 is 23.3 Å². The molecule has 144 valence electrons. The summed E-state index contributed by atoms with van der Waals surface area (Å²) in [6, 6.07) is 2.03. The molecule has 27 heavy (non-hydrogen) atoms. The third kappa shape index (κ3) is 3.74. The van der Waals surface area contributed by atoms with Crippen LogP contribution in [0.25, 0.3) is 17.2 Å². The number of aliphatic hydroxyl groups excluding tert-OH is 1. The van der Waals surface area contributed by atoms with Crippen LogP contribution in [0.15, 0.2) is 32.1 Å². The van der Waals surface area contributed by atoms with Crippen molar-refractivity contribution >= 4 is 0 Å². The summed E-state index contributed by atoms with van der Waals surface area (Å²) in [6.07, 6.45) is -3.64. The maximum absolute atomic E-state index is 13.5. The molecule has 3 rings (SSSR count). The van der Waals surface area contributed by atoms with E-state index in [-0.39, 0.29) is 29.5 Å². The highest BCUT2D eigenvalue weighted by Crippen LogP contribution is 2.33. The van der Waals surface area contributed by atoms with Gasteiger partial charge >= 0.3 is 11.9 Å². The van der Waals surface area contributed by atoms with Crippen molar-refractivity contribution in [2.45, 2.75) is 25.4 Å². The van der Waals surface area contributed by atoms with Crippen LogP contribution in [0.4, 0.5) is 17.6 Å². The van der Waals surface area contributed by atoms with E-state index in [0.717, 1.165) is 6.07 Å². The molecule has 0 saturated heterocycles. The third-order valence-electron chi connectivity index (χ3n) is 3.71. The average Bonchev–Trinajstić information content (AvgIpc) is 3.21. The van der Waals surface area contributed by atoms with E-state index in [1.165, 1.54) is 0 Å². The lowest BCUT2D eigenvalue weighted by Gasteiger charge is -2.10. The van der Waals surface area contributed by atoms with Crippen molar-refractivity contribution in [2.24, 2.45) is 0 Å². The Morgan fingerprint density at radius 1 is 1.15 bits per heavy atom. The summed E-state index contributed by atoms with van der Waals surface area (Å²) >= 11 is 0. The van der Waals surface area contributed by atoms with Crippen molar-refractivity contribution in [3.8, 4) is 17.2 Å². The van der Waals surface area contributed by atoms with Crippen LogP contribution in [0.3, 0.4) is 0 Å². The van der Waals surface area contributed by atoms with Crippen molar-refractivity contribution in [2.75, 3.05) is 6.61 Å². The highest BCUT2D eigenvalue weighted by Gasteiger charge is 2.35. The van der Waals surface area contributed by atoms with Crippen molar-refractivity contribution in [3.05, 3.63) is 45.8 Å². The molecule has 2 heterocycles. The minimum atomic E-state index is -4.95. The number of nitrogens with zero attached hydrogens (tertiary/aromatic N) is 4. The van der Waals surface area contributed by atoms with Gasteiger partial charge in [0.15, 0.2) is 5.69 Å². The summed E-state index contributed by atoms with van der Waals surface area (Å²) in [7, 11) is 0. The van der Waals surface area contributed by atoms with Gasteiger partial charge in [-0.3, -0.25) is 4.52 Å². The highest BCUT2D eigenvalue weighted by atomic mass is 19.4. The summed E-state index contributed by atoms with van der Waals surface area (Å²) in [4.78, 5) is 12.0. The Morgan fingerprint density at radius 2 is 1.93 bits per heavy atom. The number of benzene rings is 1. The fraction of sp³-hybridized carbons (Fsp3) is 0.333. The second kappa shape index (κ2) is 7.31. The average molecular weight is 388 g/mol. The molecular formula is C15H12F4N4O4. The SMILES string of the molecule is O=c1onc(-c2nonc2CCCCO)n1-c1ccc(F)c(C(F)(F)F)c1. The molecule has 0 amide bonds. The number of unbranched alkanes of at least 4 members (excludes halogenated alkanes) is 1. The predicted octanol–water partition coefficient (Wildman–Crippen LogP) is 2.35. The number of halogens is 4. The molecule has 8 nitrogen and oxygen atoms in total. The Labute approximate surface area is 148 Å². The lowest BCUT2D eigenvalue weighted by molar-refractivity contribution is -0.140. The topological polar surface area (TPSA) is 107 Å². The lowest BCUT2D eigenvalue weighted by atomic mass is 10.1. The van der Waals surface area contributed by atoms with Gasteiger partial charge in [0.05, 0.1) is 11.3 Å². The van der Waals surface area contributed by atoms with Gasteiger partial charge in [-0.05, 0) is 42.6 Å². The number of rotatable bonds is 6. The van der Waals surface area contributed by atoms with Crippen LogP contribution in [-0.2, 0) is 12.6 Å². The minimum absolute atomic E-state index is 0.00308. The molecule has 0 aliphatic carbocycles. The zero-order valence-electron chi connectivity index (χ0n) is 13.5. The number of alkyl halides is 3. The van der Waals surface area contributed by atoms with Gasteiger partial charge in [-0.25, -0.2) is 18.4 Å². The molecule has 0 saturated carbocycles. The second-order valence-corrected chi connectivity index (χ2v) is 5.51. The Bertz CT molecular complexity index is 992. The van der Waals surface area contributed by atoms with Crippen LogP contribution in [0.1, 0.15) is 24.1 Å². The van der Waals surface area contributed by atoms with Gasteiger partial charge in [0, 0.05) is 6.61 Å². The quantitative estimate of drug-likeness (QED) is 0.510. The van der Waals surface area contributed by atoms with E-state index in [9.17, 15) is 22.4 Å². The second-order valence-electron chi connectivity index (χ2n) is 5.51. The third-order valence-corrected chi connectivity index (χ3v) is 3.71. The van der Waals surface area contributed by atoms with Gasteiger partial charge in [-0.2, -0.15) is 13.2 Å². The number of aliphatic hydroxyl groups is 1. The molecule has 0 aliphatic rings. The fourth-order valence-electron chi connectivity index (χ4n) is 2.44. The first kappa shape index (κ1) is 18.8. The van der Waals surface area contributed by atoms with Crippen molar-refractivity contribution < 1.29 is 31.8 Å². The molecule has 0 spiro atoms. The standard InChI is InChI=1S/C15H12F4N4O4/c16-10-5-4-8(7-9(10)15(17,18)19)23-13(22-26-14(23)25)12-11(20-27-21-12)3-1-2-6-24/h4-5,7,24H,1-3,6H2. The summed E-state index contributed by atoms with van der Waals surface area (Å²) in [5.41, 5.74) is -1.57. The first-order valence-electron chi connectivity index (χ1n) is 7.71. The summed E-state index contributed by atoms with van der Waals surface area (Å²) in [6.45, 7) is -0.0366. The Hall–Kier alpha value is -3.02. The van der Waals surface area contributed by atoms with Gasteiger partial charge in [0.25, 0.3) is 0 Å². The smallest absolute Gasteiger partial charge is 0.396 e. The Kier molecular flexibility index (Phi) is 5.08. The number of hydrogen-bond acceptors (Lipinski definition) is 7. The van der Waals surface area contributed by atoms with Crippen LogP contribution in [0.5, 0.6) is 0 Å². The highest BCUT2D eigenvalue weighted by molar-refractivity contribution is 5.55. The van der Waals surface area contributed by atoms with Crippen molar-refractivity contribution in [3.63, 3.8) is 0 Å². The zero-order valence-corrected chi connectivity index (χ0v) is 13.5. The van der Waals surface area contributed by atoms with Gasteiger partial charge in [0.1, 0.15) is 11.5 Å². The molecule has 0 aliphatic heterocycles. The van der Waals surface area contributed by atoms with E-state index in [4.69, 9.17) is 5.11 Å². The molecule has 2 aromatic heterocycles. The molecule has 12 heteroatoms. The molecule has 0 fully saturated rings. The summed E-state index contributed by atoms with van der Waals surface area (Å²) < 4.78 is 62.3. The predicted molar refractivity (Wildman–Crippen MR) is 80.4 cm³/mol. The van der Waals surface area contributed by atoms with E-state index in [1.54, 1.807) is 0 Å². The van der Waals surface area contributed by atoms with Crippen LogP contribution < -0.4 is 5.76 Å². The molecular weight excluding hydrogens is 376 g/mol. The van der Waals surface area contributed by atoms with E-state index in [1.807, 2.05) is 0 Å². The van der Waals surface area contributed by atoms with Crippen molar-refractivity contribution in [1.29, 1.82) is 0 Å². The maximum atomic E-state index is 13.5. The van der Waals surface area contributed by atoms with Gasteiger partial charge in [-0.15, -0.1) is 0 Å². The Balaban J connectivity index is 2.08. The molecule has 1 N–H and O–H groups in total. The van der Waals surface area contributed by atoms with Crippen molar-refractivity contribution in [1.82, 2.24) is 20.0 Å². The lowest BCUT2D eigenvalue weighted by Crippen LogP contribution is -2.16. The first-order chi connectivity index (χ1) is 12.8. The molecule has 0 atom stereocenters. The van der Waals surface area contributed by atoms with Crippen LogP contribution in [0.2, 0.25) is 0 Å². The normalized spacial score (nSPS) is 11.9. The van der Waals surface area contributed by atoms with Crippen LogP contribution in [-0.4, -0.2) is 31.8 Å². The summed E-state index contributed by atoms with van der Waals surface area (Å²) in [5, 5.41) is 19.7. The fourth-order valence-corrected chi connectivity index (χ4v) is 2.44. The van der Waals surface area contributed by atoms with Gasteiger partial charge in [0.2, 0.25) is 5.82 Å². The Morgan fingerprint density at radius 3 is 2.63 bits per heavy atom. The van der Waals surface area contributed by atoms with Gasteiger partial charge in [-0.1, -0.05) is 10.3 Å². The van der Waals surface area contributed by atoms with Crippen LogP contribution in [0, 0.1) is 5.82 Å². The molecule has 0 unspecified atom stereocenters.